The molecular weight excluding hydrogens is 178 g/mol. The van der Waals surface area contributed by atoms with Gasteiger partial charge < -0.3 is 4.84 Å². The van der Waals surface area contributed by atoms with Gasteiger partial charge in [0.25, 0.3) is 0 Å². The first-order valence-corrected chi connectivity index (χ1v) is 5.47. The van der Waals surface area contributed by atoms with E-state index in [1.165, 1.54) is 6.42 Å². The van der Waals surface area contributed by atoms with Crippen LogP contribution in [-0.2, 0) is 9.63 Å². The van der Waals surface area contributed by atoms with Gasteiger partial charge in [0.15, 0.2) is 0 Å². The molecule has 1 rings (SSSR count). The number of rotatable bonds is 2. The van der Waals surface area contributed by atoms with Crippen LogP contribution >= 0.6 is 0 Å². The minimum absolute atomic E-state index is 0.0837. The maximum absolute atomic E-state index is 11.6. The van der Waals surface area contributed by atoms with Crippen LogP contribution in [0.15, 0.2) is 0 Å². The Labute approximate surface area is 86.2 Å². The second-order valence-electron chi connectivity index (χ2n) is 5.11. The average molecular weight is 199 g/mol. The van der Waals surface area contributed by atoms with Crippen molar-refractivity contribution in [3.05, 3.63) is 0 Å². The number of nitrogens with one attached hydrogen (secondary N) is 1. The molecule has 0 unspecified atom stereocenters. The fourth-order valence-corrected chi connectivity index (χ4v) is 1.63. The first kappa shape index (κ1) is 11.5. The van der Waals surface area contributed by atoms with Gasteiger partial charge in [-0.15, -0.1) is 5.48 Å². The molecule has 14 heavy (non-hydrogen) atoms. The van der Waals surface area contributed by atoms with Crippen molar-refractivity contribution in [2.75, 3.05) is 0 Å². The lowest BCUT2D eigenvalue weighted by atomic mass is 9.89. The third-order valence-electron chi connectivity index (χ3n) is 2.40. The lowest BCUT2D eigenvalue weighted by Crippen LogP contribution is -2.39. The van der Waals surface area contributed by atoms with E-state index in [1.807, 2.05) is 20.8 Å². The van der Waals surface area contributed by atoms with Gasteiger partial charge in [0.2, 0.25) is 0 Å². The summed E-state index contributed by atoms with van der Waals surface area (Å²) >= 11 is 0. The summed E-state index contributed by atoms with van der Waals surface area (Å²) in [4.78, 5) is 16.6. The highest BCUT2D eigenvalue weighted by atomic mass is 16.7. The summed E-state index contributed by atoms with van der Waals surface area (Å²) < 4.78 is 0. The van der Waals surface area contributed by atoms with Gasteiger partial charge in [0.05, 0.1) is 5.92 Å². The van der Waals surface area contributed by atoms with Gasteiger partial charge in [-0.25, -0.2) is 0 Å². The number of hydrogen-bond donors (Lipinski definition) is 1. The first-order chi connectivity index (χ1) is 6.49. The third-order valence-corrected chi connectivity index (χ3v) is 2.40. The maximum atomic E-state index is 11.6. The normalized spacial score (nSPS) is 19.4. The van der Waals surface area contributed by atoms with Crippen LogP contribution in [0.3, 0.4) is 0 Å². The van der Waals surface area contributed by atoms with Gasteiger partial charge in [-0.05, 0) is 33.6 Å². The quantitative estimate of drug-likeness (QED) is 0.694. The second kappa shape index (κ2) is 4.78. The minimum Gasteiger partial charge on any atom is -0.370 e. The molecule has 0 aromatic heterocycles. The fourth-order valence-electron chi connectivity index (χ4n) is 1.63. The molecule has 1 aliphatic carbocycles. The van der Waals surface area contributed by atoms with Crippen LogP contribution in [0.4, 0.5) is 0 Å². The van der Waals surface area contributed by atoms with Crippen LogP contribution in [0.2, 0.25) is 0 Å². The molecule has 0 aliphatic heterocycles. The number of hydrogen-bond acceptors (Lipinski definition) is 3. The van der Waals surface area contributed by atoms with Crippen LogP contribution in [0.25, 0.3) is 0 Å². The van der Waals surface area contributed by atoms with Gasteiger partial charge in [0, 0.05) is 5.54 Å². The molecule has 0 spiro atoms. The summed E-state index contributed by atoms with van der Waals surface area (Å²) in [6.07, 6.45) is 5.57. The van der Waals surface area contributed by atoms with Crippen molar-refractivity contribution >= 4 is 5.97 Å². The number of carbonyl (C=O) groups is 1. The molecule has 1 aliphatic rings. The number of carbonyl (C=O) groups excluding carboxylic acids is 1. The van der Waals surface area contributed by atoms with E-state index in [2.05, 4.69) is 5.48 Å². The molecule has 1 fully saturated rings. The largest absolute Gasteiger partial charge is 0.370 e. The minimum atomic E-state index is -0.162. The second-order valence-corrected chi connectivity index (χ2v) is 5.11. The Morgan fingerprint density at radius 2 is 1.79 bits per heavy atom. The Kier molecular flexibility index (Phi) is 3.93. The van der Waals surface area contributed by atoms with Gasteiger partial charge in [-0.3, -0.25) is 4.79 Å². The Balaban J connectivity index is 2.27. The van der Waals surface area contributed by atoms with Crippen molar-refractivity contribution in [1.82, 2.24) is 5.48 Å². The Morgan fingerprint density at radius 1 is 1.21 bits per heavy atom. The predicted octanol–water partition coefficient (Wildman–Crippen LogP) is 2.41. The van der Waals surface area contributed by atoms with Crippen molar-refractivity contribution in [1.29, 1.82) is 0 Å². The molecule has 0 amide bonds. The van der Waals surface area contributed by atoms with Crippen molar-refractivity contribution in [3.63, 3.8) is 0 Å². The topological polar surface area (TPSA) is 38.3 Å². The summed E-state index contributed by atoms with van der Waals surface area (Å²) in [5.74, 6) is 0.0400. The zero-order chi connectivity index (χ0) is 10.6. The standard InChI is InChI=1S/C11H21NO2/c1-11(2,3)12-14-10(13)9-7-5-4-6-8-9/h9,12H,4-8H2,1-3H3. The van der Waals surface area contributed by atoms with E-state index in [1.54, 1.807) is 0 Å². The first-order valence-electron chi connectivity index (χ1n) is 5.47. The molecule has 82 valence electrons. The molecule has 0 aromatic carbocycles. The molecule has 0 saturated heterocycles. The smallest absolute Gasteiger partial charge is 0.327 e. The zero-order valence-corrected chi connectivity index (χ0v) is 9.43. The summed E-state index contributed by atoms with van der Waals surface area (Å²) in [7, 11) is 0. The molecule has 1 saturated carbocycles. The van der Waals surface area contributed by atoms with E-state index in [0.29, 0.717) is 0 Å². The van der Waals surface area contributed by atoms with Crippen molar-refractivity contribution in [2.45, 2.75) is 58.4 Å². The Hall–Kier alpha value is -0.570. The van der Waals surface area contributed by atoms with E-state index >= 15 is 0 Å². The highest BCUT2D eigenvalue weighted by Crippen LogP contribution is 2.24. The third kappa shape index (κ3) is 4.09. The highest BCUT2D eigenvalue weighted by Gasteiger charge is 2.24. The molecule has 3 heteroatoms. The Morgan fingerprint density at radius 3 is 2.29 bits per heavy atom. The maximum Gasteiger partial charge on any atom is 0.327 e. The summed E-state index contributed by atoms with van der Waals surface area (Å²) in [6, 6.07) is 0. The van der Waals surface area contributed by atoms with E-state index in [-0.39, 0.29) is 17.4 Å². The molecule has 0 heterocycles. The lowest BCUT2D eigenvalue weighted by molar-refractivity contribution is -0.161. The highest BCUT2D eigenvalue weighted by molar-refractivity contribution is 5.72. The molecule has 3 nitrogen and oxygen atoms in total. The summed E-state index contributed by atoms with van der Waals surface area (Å²) in [5, 5.41) is 0. The van der Waals surface area contributed by atoms with Crippen LogP contribution in [0, 0.1) is 5.92 Å². The molecule has 0 radical (unpaired) electrons. The van der Waals surface area contributed by atoms with Crippen LogP contribution in [0.1, 0.15) is 52.9 Å². The van der Waals surface area contributed by atoms with Crippen LogP contribution in [0.5, 0.6) is 0 Å². The van der Waals surface area contributed by atoms with Crippen LogP contribution < -0.4 is 5.48 Å². The van der Waals surface area contributed by atoms with Gasteiger partial charge in [0.1, 0.15) is 0 Å². The molecule has 1 N–H and O–H groups in total. The molecular formula is C11H21NO2. The van der Waals surface area contributed by atoms with Gasteiger partial charge >= 0.3 is 5.97 Å². The van der Waals surface area contributed by atoms with Crippen molar-refractivity contribution in [2.24, 2.45) is 5.92 Å². The van der Waals surface area contributed by atoms with E-state index in [0.717, 1.165) is 25.7 Å². The van der Waals surface area contributed by atoms with E-state index in [4.69, 9.17) is 4.84 Å². The summed E-state index contributed by atoms with van der Waals surface area (Å²) in [5.41, 5.74) is 2.61. The summed E-state index contributed by atoms with van der Waals surface area (Å²) in [6.45, 7) is 5.92. The van der Waals surface area contributed by atoms with Gasteiger partial charge in [-0.1, -0.05) is 19.3 Å². The average Bonchev–Trinajstić information content (AvgIpc) is 2.14. The zero-order valence-electron chi connectivity index (χ0n) is 9.43. The van der Waals surface area contributed by atoms with E-state index < -0.39 is 0 Å². The SMILES string of the molecule is CC(C)(C)NOC(=O)C1CCCCC1. The van der Waals surface area contributed by atoms with Crippen molar-refractivity contribution in [3.8, 4) is 0 Å². The molecule has 0 bridgehead atoms. The van der Waals surface area contributed by atoms with Crippen molar-refractivity contribution < 1.29 is 9.63 Å². The molecule has 0 atom stereocenters. The fraction of sp³-hybridized carbons (Fsp3) is 0.909. The van der Waals surface area contributed by atoms with Gasteiger partial charge in [-0.2, -0.15) is 0 Å². The number of hydroxylamine groups is 1. The van der Waals surface area contributed by atoms with E-state index in [9.17, 15) is 4.79 Å². The predicted molar refractivity (Wildman–Crippen MR) is 55.6 cm³/mol. The Bertz CT molecular complexity index is 190. The van der Waals surface area contributed by atoms with Crippen LogP contribution in [-0.4, -0.2) is 11.5 Å². The lowest BCUT2D eigenvalue weighted by Gasteiger charge is -2.23. The molecule has 0 aromatic rings. The monoisotopic (exact) mass is 199 g/mol.